The fraction of sp³-hybridized carbons (Fsp3) is 1.00. The molecule has 1 heterocycles. The first-order valence-electron chi connectivity index (χ1n) is 6.04. The van der Waals surface area contributed by atoms with Crippen molar-refractivity contribution in [2.45, 2.75) is 59.8 Å². The normalized spacial score (nSPS) is 27.7. The second kappa shape index (κ2) is 7.37. The number of rotatable bonds is 3. The molecule has 0 amide bonds. The Labute approximate surface area is 84.3 Å². The molecule has 0 radical (unpaired) electrons. The van der Waals surface area contributed by atoms with Gasteiger partial charge in [-0.15, -0.1) is 0 Å². The van der Waals surface area contributed by atoms with Gasteiger partial charge in [-0.25, -0.2) is 0 Å². The Hall–Kier alpha value is -0.0400. The van der Waals surface area contributed by atoms with Crippen molar-refractivity contribution in [3.63, 3.8) is 0 Å². The predicted octanol–water partition coefficient (Wildman–Crippen LogP) is 3.59. The molecule has 0 spiro atoms. The Bertz CT molecular complexity index is 98.2. The molecule has 0 bridgehead atoms. The molecule has 0 aromatic heterocycles. The Kier molecular flexibility index (Phi) is 7.35. The van der Waals surface area contributed by atoms with E-state index in [1.807, 2.05) is 13.8 Å². The van der Waals surface area contributed by atoms with Crippen molar-refractivity contribution in [3.8, 4) is 0 Å². The van der Waals surface area contributed by atoms with Crippen molar-refractivity contribution in [2.24, 2.45) is 5.41 Å². The van der Waals surface area contributed by atoms with Gasteiger partial charge in [0.25, 0.3) is 0 Å². The van der Waals surface area contributed by atoms with Gasteiger partial charge in [0, 0.05) is 6.54 Å². The molecule has 1 aliphatic heterocycles. The van der Waals surface area contributed by atoms with E-state index in [4.69, 9.17) is 0 Å². The van der Waals surface area contributed by atoms with Crippen LogP contribution in [0.4, 0.5) is 0 Å². The van der Waals surface area contributed by atoms with Crippen LogP contribution < -0.4 is 5.32 Å². The van der Waals surface area contributed by atoms with Crippen molar-refractivity contribution in [1.82, 2.24) is 5.32 Å². The summed E-state index contributed by atoms with van der Waals surface area (Å²) < 4.78 is 0. The summed E-state index contributed by atoms with van der Waals surface area (Å²) >= 11 is 0. The zero-order valence-corrected chi connectivity index (χ0v) is 9.95. The van der Waals surface area contributed by atoms with Crippen LogP contribution in [-0.2, 0) is 0 Å². The van der Waals surface area contributed by atoms with Gasteiger partial charge in [-0.1, -0.05) is 34.1 Å². The van der Waals surface area contributed by atoms with Crippen LogP contribution in [0, 0.1) is 5.41 Å². The third-order valence-electron chi connectivity index (χ3n) is 3.09. The highest BCUT2D eigenvalue weighted by molar-refractivity contribution is 4.83. The van der Waals surface area contributed by atoms with Crippen LogP contribution in [0.15, 0.2) is 0 Å². The maximum atomic E-state index is 3.51. The Morgan fingerprint density at radius 3 is 2.31 bits per heavy atom. The summed E-state index contributed by atoms with van der Waals surface area (Å²) in [6.07, 6.45) is 6.94. The van der Waals surface area contributed by atoms with E-state index in [0.29, 0.717) is 5.41 Å². The average molecular weight is 185 g/mol. The molecule has 13 heavy (non-hydrogen) atoms. The smallest absolute Gasteiger partial charge is 0.000771 e. The van der Waals surface area contributed by atoms with Crippen LogP contribution in [-0.4, -0.2) is 13.1 Å². The number of hydrogen-bond acceptors (Lipinski definition) is 1. The number of piperidine rings is 1. The standard InChI is InChI=1S/C10H21N.C2H6/c1-3-6-10(4-2)7-5-8-11-9-10;1-2/h11H,3-9H2,1-2H3;1-2H3. The van der Waals surface area contributed by atoms with Crippen LogP contribution in [0.5, 0.6) is 0 Å². The van der Waals surface area contributed by atoms with E-state index in [1.165, 1.54) is 45.2 Å². The molecule has 80 valence electrons. The van der Waals surface area contributed by atoms with Gasteiger partial charge in [0.2, 0.25) is 0 Å². The molecular formula is C12H27N. The predicted molar refractivity (Wildman–Crippen MR) is 61.1 cm³/mol. The van der Waals surface area contributed by atoms with E-state index in [-0.39, 0.29) is 0 Å². The minimum absolute atomic E-state index is 0.660. The van der Waals surface area contributed by atoms with E-state index in [9.17, 15) is 0 Å². The highest BCUT2D eigenvalue weighted by Gasteiger charge is 2.28. The highest BCUT2D eigenvalue weighted by atomic mass is 14.9. The van der Waals surface area contributed by atoms with Gasteiger partial charge < -0.3 is 5.32 Å². The zero-order valence-electron chi connectivity index (χ0n) is 9.95. The lowest BCUT2D eigenvalue weighted by molar-refractivity contribution is 0.182. The molecule has 1 saturated heterocycles. The molecular weight excluding hydrogens is 158 g/mol. The molecule has 1 unspecified atom stereocenters. The van der Waals surface area contributed by atoms with Gasteiger partial charge in [0.15, 0.2) is 0 Å². The van der Waals surface area contributed by atoms with Gasteiger partial charge in [0.1, 0.15) is 0 Å². The maximum absolute atomic E-state index is 3.51. The van der Waals surface area contributed by atoms with Gasteiger partial charge in [-0.2, -0.15) is 0 Å². The third kappa shape index (κ3) is 4.12. The molecule has 0 aromatic rings. The number of nitrogens with one attached hydrogen (secondary N) is 1. The minimum atomic E-state index is 0.660. The topological polar surface area (TPSA) is 12.0 Å². The maximum Gasteiger partial charge on any atom is 0.000771 e. The lowest BCUT2D eigenvalue weighted by atomic mass is 9.75. The molecule has 0 aromatic carbocycles. The number of hydrogen-bond donors (Lipinski definition) is 1. The van der Waals surface area contributed by atoms with Crippen molar-refractivity contribution < 1.29 is 0 Å². The molecule has 0 aliphatic carbocycles. The molecule has 1 nitrogen and oxygen atoms in total. The third-order valence-corrected chi connectivity index (χ3v) is 3.09. The second-order valence-corrected chi connectivity index (χ2v) is 3.88. The van der Waals surface area contributed by atoms with Gasteiger partial charge >= 0.3 is 0 Å². The molecule has 1 N–H and O–H groups in total. The molecule has 1 atom stereocenters. The van der Waals surface area contributed by atoms with Crippen LogP contribution in [0.1, 0.15) is 59.8 Å². The zero-order chi connectivity index (χ0) is 10.2. The second-order valence-electron chi connectivity index (χ2n) is 3.88. The summed E-state index contributed by atoms with van der Waals surface area (Å²) in [6, 6.07) is 0. The molecule has 1 heteroatoms. The van der Waals surface area contributed by atoms with E-state index in [0.717, 1.165) is 0 Å². The lowest BCUT2D eigenvalue weighted by Gasteiger charge is -2.36. The van der Waals surface area contributed by atoms with Crippen LogP contribution >= 0.6 is 0 Å². The fourth-order valence-electron chi connectivity index (χ4n) is 2.25. The van der Waals surface area contributed by atoms with Crippen LogP contribution in [0.25, 0.3) is 0 Å². The van der Waals surface area contributed by atoms with Gasteiger partial charge in [0.05, 0.1) is 0 Å². The minimum Gasteiger partial charge on any atom is -0.316 e. The monoisotopic (exact) mass is 185 g/mol. The largest absolute Gasteiger partial charge is 0.316 e. The fourth-order valence-corrected chi connectivity index (χ4v) is 2.25. The van der Waals surface area contributed by atoms with Crippen LogP contribution in [0.3, 0.4) is 0 Å². The Morgan fingerprint density at radius 1 is 1.23 bits per heavy atom. The van der Waals surface area contributed by atoms with Crippen molar-refractivity contribution in [2.75, 3.05) is 13.1 Å². The summed E-state index contributed by atoms with van der Waals surface area (Å²) in [7, 11) is 0. The molecule has 0 saturated carbocycles. The van der Waals surface area contributed by atoms with Gasteiger partial charge in [-0.3, -0.25) is 0 Å². The summed E-state index contributed by atoms with van der Waals surface area (Å²) in [6.45, 7) is 11.1. The first-order chi connectivity index (χ1) is 6.33. The SMILES string of the molecule is CC.CCCC1(CC)CCCNC1. The Balaban J connectivity index is 0.000000671. The average Bonchev–Trinajstić information content (AvgIpc) is 2.23. The van der Waals surface area contributed by atoms with Crippen molar-refractivity contribution in [1.29, 1.82) is 0 Å². The van der Waals surface area contributed by atoms with E-state index in [2.05, 4.69) is 19.2 Å². The van der Waals surface area contributed by atoms with E-state index >= 15 is 0 Å². The van der Waals surface area contributed by atoms with Crippen molar-refractivity contribution >= 4 is 0 Å². The summed E-state index contributed by atoms with van der Waals surface area (Å²) in [5.41, 5.74) is 0.660. The summed E-state index contributed by atoms with van der Waals surface area (Å²) in [5.74, 6) is 0. The van der Waals surface area contributed by atoms with Crippen LogP contribution in [0.2, 0.25) is 0 Å². The van der Waals surface area contributed by atoms with E-state index < -0.39 is 0 Å². The van der Waals surface area contributed by atoms with Gasteiger partial charge in [-0.05, 0) is 37.6 Å². The Morgan fingerprint density at radius 2 is 1.92 bits per heavy atom. The quantitative estimate of drug-likeness (QED) is 0.708. The van der Waals surface area contributed by atoms with E-state index in [1.54, 1.807) is 0 Å². The first kappa shape index (κ1) is 13.0. The first-order valence-corrected chi connectivity index (χ1v) is 6.04. The highest BCUT2D eigenvalue weighted by Crippen LogP contribution is 2.34. The molecule has 1 aliphatic rings. The lowest BCUT2D eigenvalue weighted by Crippen LogP contribution is -2.39. The molecule has 1 rings (SSSR count). The summed E-state index contributed by atoms with van der Waals surface area (Å²) in [4.78, 5) is 0. The van der Waals surface area contributed by atoms with Crippen molar-refractivity contribution in [3.05, 3.63) is 0 Å². The summed E-state index contributed by atoms with van der Waals surface area (Å²) in [5, 5.41) is 3.51. The molecule has 1 fully saturated rings.